The Morgan fingerprint density at radius 2 is 1.80 bits per heavy atom. The number of hydrogen-bond acceptors (Lipinski definition) is 2. The predicted molar refractivity (Wildman–Crippen MR) is 129 cm³/mol. The Morgan fingerprint density at radius 1 is 0.967 bits per heavy atom. The molecule has 0 fully saturated rings. The van der Waals surface area contributed by atoms with E-state index >= 15 is 0 Å². The number of aromatic nitrogens is 1. The minimum atomic E-state index is 0.545. The number of aromatic amines is 1. The van der Waals surface area contributed by atoms with Crippen LogP contribution in [-0.4, -0.2) is 11.5 Å². The summed E-state index contributed by atoms with van der Waals surface area (Å²) in [4.78, 5) is 3.58. The largest absolute Gasteiger partial charge is 0.489 e. The minimum absolute atomic E-state index is 0.545. The van der Waals surface area contributed by atoms with Gasteiger partial charge in [0.25, 0.3) is 0 Å². The molecular formula is C25H24BrClN2O. The molecule has 0 saturated carbocycles. The van der Waals surface area contributed by atoms with E-state index in [1.165, 1.54) is 10.9 Å². The lowest BCUT2D eigenvalue weighted by Crippen LogP contribution is -1.99. The molecule has 0 unspecified atom stereocenters. The first-order chi connectivity index (χ1) is 14.7. The van der Waals surface area contributed by atoms with Crippen LogP contribution in [-0.2, 0) is 13.0 Å². The number of ether oxygens (including phenoxy) is 1. The third-order valence-corrected chi connectivity index (χ3v) is 6.03. The molecule has 0 aliphatic heterocycles. The summed E-state index contributed by atoms with van der Waals surface area (Å²) in [6.07, 6.45) is 2.94. The van der Waals surface area contributed by atoms with Gasteiger partial charge in [-0.05, 0) is 73.3 Å². The maximum absolute atomic E-state index is 6.55. The van der Waals surface area contributed by atoms with Crippen molar-refractivity contribution in [2.45, 2.75) is 25.9 Å². The first kappa shape index (κ1) is 21.0. The van der Waals surface area contributed by atoms with Gasteiger partial charge >= 0.3 is 0 Å². The number of rotatable bonds is 8. The smallest absolute Gasteiger partial charge is 0.120 e. The molecule has 3 nitrogen and oxygen atoms in total. The third kappa shape index (κ3) is 4.72. The van der Waals surface area contributed by atoms with E-state index in [0.717, 1.165) is 56.8 Å². The van der Waals surface area contributed by atoms with Crippen molar-refractivity contribution < 1.29 is 4.74 Å². The Balaban J connectivity index is 1.72. The molecule has 154 valence electrons. The van der Waals surface area contributed by atoms with Gasteiger partial charge in [-0.15, -0.1) is 0 Å². The Morgan fingerprint density at radius 3 is 2.60 bits per heavy atom. The maximum Gasteiger partial charge on any atom is 0.120 e. The van der Waals surface area contributed by atoms with Crippen LogP contribution in [0.15, 0.2) is 71.2 Å². The highest BCUT2D eigenvalue weighted by Gasteiger charge is 2.16. The van der Waals surface area contributed by atoms with Crippen LogP contribution in [0.1, 0.15) is 24.0 Å². The molecule has 3 N–H and O–H groups in total. The number of halogens is 2. The maximum atomic E-state index is 6.55. The standard InChI is InChI=1S/C25H24BrClN2O/c26-18-9-11-23(27)22(14-18)25-20(8-4-5-13-28)21-15-19(10-12-24(21)29-25)30-16-17-6-2-1-3-7-17/h1-3,6-7,9-12,14-15,29H,4-5,8,13,16,28H2. The summed E-state index contributed by atoms with van der Waals surface area (Å²) >= 11 is 10.1. The molecule has 4 rings (SSSR count). The number of unbranched alkanes of at least 4 members (excludes halogenated alkanes) is 1. The number of H-pyrrole nitrogens is 1. The van der Waals surface area contributed by atoms with Gasteiger partial charge in [0.05, 0.1) is 5.69 Å². The van der Waals surface area contributed by atoms with Gasteiger partial charge < -0.3 is 15.5 Å². The Bertz CT molecular complexity index is 1140. The summed E-state index contributed by atoms with van der Waals surface area (Å²) in [6.45, 7) is 1.24. The van der Waals surface area contributed by atoms with Crippen molar-refractivity contribution in [2.24, 2.45) is 5.73 Å². The molecule has 0 aliphatic carbocycles. The normalized spacial score (nSPS) is 11.2. The summed E-state index contributed by atoms with van der Waals surface area (Å²) in [5.41, 5.74) is 11.3. The van der Waals surface area contributed by atoms with Gasteiger partial charge in [-0.1, -0.05) is 57.9 Å². The van der Waals surface area contributed by atoms with Crippen molar-refractivity contribution >= 4 is 38.4 Å². The Hall–Kier alpha value is -2.27. The molecule has 0 spiro atoms. The van der Waals surface area contributed by atoms with E-state index in [0.29, 0.717) is 13.2 Å². The summed E-state index contributed by atoms with van der Waals surface area (Å²) < 4.78 is 7.07. The van der Waals surface area contributed by atoms with Gasteiger partial charge in [0.1, 0.15) is 12.4 Å². The molecule has 1 aromatic heterocycles. The molecular weight excluding hydrogens is 460 g/mol. The molecule has 5 heteroatoms. The zero-order valence-corrected chi connectivity index (χ0v) is 19.0. The molecule has 0 saturated heterocycles. The molecule has 0 radical (unpaired) electrons. The lowest BCUT2D eigenvalue weighted by atomic mass is 10.00. The molecule has 1 heterocycles. The van der Waals surface area contributed by atoms with Gasteiger partial charge in [0.2, 0.25) is 0 Å². The quantitative estimate of drug-likeness (QED) is 0.262. The van der Waals surface area contributed by atoms with Crippen molar-refractivity contribution in [3.05, 3.63) is 87.4 Å². The monoisotopic (exact) mass is 482 g/mol. The van der Waals surface area contributed by atoms with Gasteiger partial charge in [-0.2, -0.15) is 0 Å². The summed E-state index contributed by atoms with van der Waals surface area (Å²) in [5.74, 6) is 0.859. The number of nitrogens with two attached hydrogens (primary N) is 1. The minimum Gasteiger partial charge on any atom is -0.489 e. The number of aryl methyl sites for hydroxylation is 1. The predicted octanol–water partition coefficient (Wildman–Crippen LogP) is 7.11. The molecule has 0 atom stereocenters. The van der Waals surface area contributed by atoms with Crippen molar-refractivity contribution in [2.75, 3.05) is 6.54 Å². The van der Waals surface area contributed by atoms with Crippen LogP contribution >= 0.6 is 27.5 Å². The van der Waals surface area contributed by atoms with E-state index in [1.54, 1.807) is 0 Å². The molecule has 0 aliphatic rings. The summed E-state index contributed by atoms with van der Waals surface area (Å²) in [6, 6.07) is 22.4. The highest BCUT2D eigenvalue weighted by Crippen LogP contribution is 2.38. The van der Waals surface area contributed by atoms with Gasteiger partial charge in [0, 0.05) is 26.0 Å². The number of fused-ring (bicyclic) bond motifs is 1. The third-order valence-electron chi connectivity index (χ3n) is 5.20. The fraction of sp³-hybridized carbons (Fsp3) is 0.200. The summed E-state index contributed by atoms with van der Waals surface area (Å²) in [7, 11) is 0. The second kappa shape index (κ2) is 9.69. The molecule has 3 aromatic carbocycles. The molecule has 0 bridgehead atoms. The highest BCUT2D eigenvalue weighted by molar-refractivity contribution is 9.10. The van der Waals surface area contributed by atoms with Crippen LogP contribution in [0.2, 0.25) is 5.02 Å². The lowest BCUT2D eigenvalue weighted by Gasteiger charge is -2.09. The van der Waals surface area contributed by atoms with E-state index in [1.807, 2.05) is 36.4 Å². The average molecular weight is 484 g/mol. The number of hydrogen-bond donors (Lipinski definition) is 2. The molecule has 0 amide bonds. The fourth-order valence-corrected chi connectivity index (χ4v) is 4.26. The molecule has 4 aromatic rings. The van der Waals surface area contributed by atoms with Gasteiger partial charge in [0.15, 0.2) is 0 Å². The first-order valence-corrected chi connectivity index (χ1v) is 11.3. The van der Waals surface area contributed by atoms with Crippen molar-refractivity contribution in [3.63, 3.8) is 0 Å². The Labute approximate surface area is 190 Å². The van der Waals surface area contributed by atoms with E-state index in [2.05, 4.69) is 51.2 Å². The van der Waals surface area contributed by atoms with Crippen LogP contribution in [0.25, 0.3) is 22.2 Å². The fourth-order valence-electron chi connectivity index (χ4n) is 3.68. The number of benzene rings is 3. The second-order valence-corrected chi connectivity index (χ2v) is 8.65. The topological polar surface area (TPSA) is 51.0 Å². The highest BCUT2D eigenvalue weighted by atomic mass is 79.9. The van der Waals surface area contributed by atoms with Crippen LogP contribution in [0.5, 0.6) is 5.75 Å². The first-order valence-electron chi connectivity index (χ1n) is 10.1. The van der Waals surface area contributed by atoms with E-state index < -0.39 is 0 Å². The van der Waals surface area contributed by atoms with E-state index in [-0.39, 0.29) is 0 Å². The summed E-state index contributed by atoms with van der Waals surface area (Å²) in [5, 5.41) is 1.90. The van der Waals surface area contributed by atoms with Crippen molar-refractivity contribution in [3.8, 4) is 17.0 Å². The van der Waals surface area contributed by atoms with Crippen LogP contribution in [0.4, 0.5) is 0 Å². The van der Waals surface area contributed by atoms with Crippen LogP contribution < -0.4 is 10.5 Å². The SMILES string of the molecule is NCCCCc1c(-c2cc(Br)ccc2Cl)[nH]c2ccc(OCc3ccccc3)cc12. The van der Waals surface area contributed by atoms with Crippen LogP contribution in [0, 0.1) is 0 Å². The van der Waals surface area contributed by atoms with E-state index in [9.17, 15) is 0 Å². The zero-order valence-electron chi connectivity index (χ0n) is 16.6. The average Bonchev–Trinajstić information content (AvgIpc) is 3.12. The van der Waals surface area contributed by atoms with Crippen molar-refractivity contribution in [1.82, 2.24) is 4.98 Å². The van der Waals surface area contributed by atoms with E-state index in [4.69, 9.17) is 22.1 Å². The van der Waals surface area contributed by atoms with Gasteiger partial charge in [-0.3, -0.25) is 0 Å². The van der Waals surface area contributed by atoms with Crippen LogP contribution in [0.3, 0.4) is 0 Å². The second-order valence-electron chi connectivity index (χ2n) is 7.33. The lowest BCUT2D eigenvalue weighted by molar-refractivity contribution is 0.306. The van der Waals surface area contributed by atoms with Gasteiger partial charge in [-0.25, -0.2) is 0 Å². The zero-order chi connectivity index (χ0) is 20.9. The number of nitrogens with one attached hydrogen (secondary N) is 1. The molecule has 30 heavy (non-hydrogen) atoms. The van der Waals surface area contributed by atoms with Crippen molar-refractivity contribution in [1.29, 1.82) is 0 Å². The Kier molecular flexibility index (Phi) is 6.78.